The maximum absolute atomic E-state index is 13.8. The van der Waals surface area contributed by atoms with E-state index in [0.717, 1.165) is 11.6 Å². The molecule has 0 unspecified atom stereocenters. The molecule has 1 fully saturated rings. The van der Waals surface area contributed by atoms with Gasteiger partial charge in [-0.1, -0.05) is 30.3 Å². The fourth-order valence-electron chi connectivity index (χ4n) is 2.28. The zero-order valence-corrected chi connectivity index (χ0v) is 11.8. The summed E-state index contributed by atoms with van der Waals surface area (Å²) < 4.78 is 38.3. The van der Waals surface area contributed by atoms with Crippen LogP contribution in [0, 0.1) is 11.6 Å². The van der Waals surface area contributed by atoms with E-state index < -0.39 is 11.6 Å². The molecule has 2 aromatic rings. The Balaban J connectivity index is 1.70. The van der Waals surface area contributed by atoms with Crippen LogP contribution in [0.15, 0.2) is 42.5 Å². The molecule has 0 amide bonds. The second kappa shape index (κ2) is 6.32. The predicted molar refractivity (Wildman–Crippen MR) is 76.8 cm³/mol. The average molecular weight is 306 g/mol. The summed E-state index contributed by atoms with van der Waals surface area (Å²) in [7, 11) is 0. The Morgan fingerprint density at radius 2 is 1.82 bits per heavy atom. The highest BCUT2D eigenvalue weighted by molar-refractivity contribution is 5.36. The zero-order chi connectivity index (χ0) is 15.5. The first-order chi connectivity index (χ1) is 10.6. The average Bonchev–Trinajstić information content (AvgIpc) is 2.49. The first-order valence-electron chi connectivity index (χ1n) is 7.12. The monoisotopic (exact) mass is 306 g/mol. The number of hydrogen-bond acceptors (Lipinski definition) is 3. The second-order valence-corrected chi connectivity index (χ2v) is 5.36. The van der Waals surface area contributed by atoms with Gasteiger partial charge in [0.1, 0.15) is 18.5 Å². The van der Waals surface area contributed by atoms with Crippen molar-refractivity contribution in [3.63, 3.8) is 0 Å². The number of benzene rings is 2. The Morgan fingerprint density at radius 3 is 2.50 bits per heavy atom. The molecule has 3 rings (SSSR count). The largest absolute Gasteiger partial charge is 0.490 e. The third-order valence-electron chi connectivity index (χ3n) is 3.58. The van der Waals surface area contributed by atoms with E-state index in [-0.39, 0.29) is 30.3 Å². The van der Waals surface area contributed by atoms with Crippen LogP contribution in [0.5, 0.6) is 11.5 Å². The van der Waals surface area contributed by atoms with Gasteiger partial charge in [-0.25, -0.2) is 4.39 Å². The maximum Gasteiger partial charge on any atom is 0.200 e. The normalized spacial score (nSPS) is 20.3. The van der Waals surface area contributed by atoms with Gasteiger partial charge in [0.25, 0.3) is 0 Å². The number of halogens is 2. The Bertz CT molecular complexity index is 640. The molecule has 1 aliphatic carbocycles. The number of ether oxygens (including phenoxy) is 2. The summed E-state index contributed by atoms with van der Waals surface area (Å²) in [6.45, 7) is 0.142. The Hall–Kier alpha value is -2.14. The minimum absolute atomic E-state index is 0.142. The van der Waals surface area contributed by atoms with Crippen LogP contribution in [-0.4, -0.2) is 17.3 Å². The summed E-state index contributed by atoms with van der Waals surface area (Å²) >= 11 is 0. The minimum atomic E-state index is -1.03. The van der Waals surface area contributed by atoms with Crippen molar-refractivity contribution in [3.8, 4) is 11.5 Å². The van der Waals surface area contributed by atoms with Gasteiger partial charge in [0.05, 0.1) is 6.10 Å². The third kappa shape index (κ3) is 3.36. The number of rotatable bonds is 5. The molecule has 0 bridgehead atoms. The summed E-state index contributed by atoms with van der Waals surface area (Å²) in [5.74, 6) is -2.02. The fourth-order valence-corrected chi connectivity index (χ4v) is 2.28. The molecule has 0 saturated heterocycles. The molecule has 1 aliphatic rings. The highest BCUT2D eigenvalue weighted by Gasteiger charge is 2.29. The summed E-state index contributed by atoms with van der Waals surface area (Å²) in [5, 5.41) is 9.22. The van der Waals surface area contributed by atoms with Gasteiger partial charge in [0.15, 0.2) is 11.6 Å². The Morgan fingerprint density at radius 1 is 1.09 bits per heavy atom. The van der Waals surface area contributed by atoms with Crippen molar-refractivity contribution in [2.75, 3.05) is 0 Å². The van der Waals surface area contributed by atoms with Crippen LogP contribution in [0.2, 0.25) is 0 Å². The smallest absolute Gasteiger partial charge is 0.200 e. The van der Waals surface area contributed by atoms with Gasteiger partial charge in [-0.2, -0.15) is 4.39 Å². The van der Waals surface area contributed by atoms with E-state index in [1.807, 2.05) is 30.3 Å². The highest BCUT2D eigenvalue weighted by Crippen LogP contribution is 2.31. The molecule has 0 aromatic heterocycles. The lowest BCUT2D eigenvalue weighted by atomic mass is 9.92. The lowest BCUT2D eigenvalue weighted by Crippen LogP contribution is -2.37. The fraction of sp³-hybridized carbons (Fsp3) is 0.294. The molecule has 3 nitrogen and oxygen atoms in total. The van der Waals surface area contributed by atoms with Crippen LogP contribution in [-0.2, 0) is 6.61 Å². The SMILES string of the molecule is OC1CC(Oc2cc(F)c(F)c(OCc3ccccc3)c2)C1. The van der Waals surface area contributed by atoms with E-state index >= 15 is 0 Å². The first-order valence-corrected chi connectivity index (χ1v) is 7.12. The summed E-state index contributed by atoms with van der Waals surface area (Å²) in [6, 6.07) is 11.6. The van der Waals surface area contributed by atoms with Gasteiger partial charge in [0, 0.05) is 25.0 Å². The van der Waals surface area contributed by atoms with Crippen molar-refractivity contribution in [1.82, 2.24) is 0 Å². The number of aliphatic hydroxyl groups is 1. The molecule has 1 N–H and O–H groups in total. The van der Waals surface area contributed by atoms with E-state index in [1.165, 1.54) is 6.07 Å². The number of aliphatic hydroxyl groups excluding tert-OH is 1. The van der Waals surface area contributed by atoms with Crippen molar-refractivity contribution < 1.29 is 23.4 Å². The van der Waals surface area contributed by atoms with Gasteiger partial charge < -0.3 is 14.6 Å². The van der Waals surface area contributed by atoms with Crippen LogP contribution >= 0.6 is 0 Å². The molecule has 0 spiro atoms. The van der Waals surface area contributed by atoms with Crippen molar-refractivity contribution in [3.05, 3.63) is 59.7 Å². The summed E-state index contributed by atoms with van der Waals surface area (Å²) in [6.07, 6.45) is 0.462. The van der Waals surface area contributed by atoms with Crippen LogP contribution < -0.4 is 9.47 Å². The Labute approximate surface area is 127 Å². The van der Waals surface area contributed by atoms with Gasteiger partial charge in [-0.3, -0.25) is 0 Å². The molecule has 0 aliphatic heterocycles. The summed E-state index contributed by atoms with van der Waals surface area (Å²) in [4.78, 5) is 0. The predicted octanol–water partition coefficient (Wildman–Crippen LogP) is 3.45. The molecule has 2 aromatic carbocycles. The van der Waals surface area contributed by atoms with Crippen molar-refractivity contribution >= 4 is 0 Å². The summed E-state index contributed by atoms with van der Waals surface area (Å²) in [5.41, 5.74) is 0.857. The van der Waals surface area contributed by atoms with Crippen molar-refractivity contribution in [2.24, 2.45) is 0 Å². The third-order valence-corrected chi connectivity index (χ3v) is 3.58. The minimum Gasteiger partial charge on any atom is -0.490 e. The van der Waals surface area contributed by atoms with E-state index in [4.69, 9.17) is 9.47 Å². The molecule has 116 valence electrons. The molecule has 1 saturated carbocycles. The lowest BCUT2D eigenvalue weighted by Gasteiger charge is -2.31. The molecular weight excluding hydrogens is 290 g/mol. The van der Waals surface area contributed by atoms with E-state index in [2.05, 4.69) is 0 Å². The van der Waals surface area contributed by atoms with E-state index in [9.17, 15) is 13.9 Å². The van der Waals surface area contributed by atoms with Crippen LogP contribution in [0.25, 0.3) is 0 Å². The molecule has 0 radical (unpaired) electrons. The van der Waals surface area contributed by atoms with Crippen LogP contribution in [0.4, 0.5) is 8.78 Å². The first kappa shape index (κ1) is 14.8. The molecular formula is C17H16F2O3. The standard InChI is InChI=1S/C17H16F2O3/c18-15-8-14(22-13-6-12(20)7-13)9-16(17(15)19)21-10-11-4-2-1-3-5-11/h1-5,8-9,12-13,20H,6-7,10H2. The number of hydrogen-bond donors (Lipinski definition) is 1. The van der Waals surface area contributed by atoms with Gasteiger partial charge in [-0.15, -0.1) is 0 Å². The van der Waals surface area contributed by atoms with Gasteiger partial charge >= 0.3 is 0 Å². The zero-order valence-electron chi connectivity index (χ0n) is 11.8. The van der Waals surface area contributed by atoms with Gasteiger partial charge in [0.2, 0.25) is 5.82 Å². The molecule has 0 atom stereocenters. The lowest BCUT2D eigenvalue weighted by molar-refractivity contribution is -0.0110. The van der Waals surface area contributed by atoms with Gasteiger partial charge in [-0.05, 0) is 5.56 Å². The topological polar surface area (TPSA) is 38.7 Å². The van der Waals surface area contributed by atoms with Crippen molar-refractivity contribution in [1.29, 1.82) is 0 Å². The van der Waals surface area contributed by atoms with Crippen molar-refractivity contribution in [2.45, 2.75) is 31.7 Å². The maximum atomic E-state index is 13.8. The molecule has 22 heavy (non-hydrogen) atoms. The van der Waals surface area contributed by atoms with E-state index in [1.54, 1.807) is 0 Å². The Kier molecular flexibility index (Phi) is 4.24. The molecule has 0 heterocycles. The van der Waals surface area contributed by atoms with E-state index in [0.29, 0.717) is 12.8 Å². The highest BCUT2D eigenvalue weighted by atomic mass is 19.2. The second-order valence-electron chi connectivity index (χ2n) is 5.36. The quantitative estimate of drug-likeness (QED) is 0.919. The molecule has 5 heteroatoms. The van der Waals surface area contributed by atoms with Crippen LogP contribution in [0.1, 0.15) is 18.4 Å². The van der Waals surface area contributed by atoms with Crippen LogP contribution in [0.3, 0.4) is 0 Å².